The van der Waals surface area contributed by atoms with Crippen molar-refractivity contribution in [3.63, 3.8) is 0 Å². The van der Waals surface area contributed by atoms with E-state index in [0.29, 0.717) is 5.41 Å². The van der Waals surface area contributed by atoms with Crippen LogP contribution in [0.25, 0.3) is 0 Å². The minimum absolute atomic E-state index is 0.177. The maximum absolute atomic E-state index is 10.9. The molecule has 0 amide bonds. The van der Waals surface area contributed by atoms with Gasteiger partial charge in [-0.15, -0.1) is 0 Å². The quantitative estimate of drug-likeness (QED) is 0.645. The monoisotopic (exact) mass is 206 g/mol. The van der Waals surface area contributed by atoms with Crippen molar-refractivity contribution in [2.45, 2.75) is 46.5 Å². The molecule has 84 valence electrons. The second-order valence-electron chi connectivity index (χ2n) is 5.95. The highest BCUT2D eigenvalue weighted by Crippen LogP contribution is 2.60. The summed E-state index contributed by atoms with van der Waals surface area (Å²) in [6.45, 7) is 6.47. The van der Waals surface area contributed by atoms with Crippen LogP contribution >= 0.6 is 0 Å². The van der Waals surface area contributed by atoms with Crippen LogP contribution in [0.1, 0.15) is 46.5 Å². The molecule has 0 saturated heterocycles. The molecular weight excluding hydrogens is 184 g/mol. The van der Waals surface area contributed by atoms with Crippen molar-refractivity contribution in [1.82, 2.24) is 0 Å². The van der Waals surface area contributed by atoms with Crippen LogP contribution in [0, 0.1) is 23.2 Å². The summed E-state index contributed by atoms with van der Waals surface area (Å²) in [5, 5.41) is 0. The van der Waals surface area contributed by atoms with E-state index >= 15 is 0 Å². The number of hydrogen-bond acceptors (Lipinski definition) is 1. The number of carbonyl (C=O) groups excluding carboxylic acids is 1. The highest BCUT2D eigenvalue weighted by Gasteiger charge is 2.51. The van der Waals surface area contributed by atoms with Gasteiger partial charge in [0.1, 0.15) is 0 Å². The first kappa shape index (κ1) is 10.9. The average Bonchev–Trinajstić information content (AvgIpc) is 2.66. The summed E-state index contributed by atoms with van der Waals surface area (Å²) in [5.74, 6) is 2.86. The van der Waals surface area contributed by atoms with Crippen molar-refractivity contribution < 1.29 is 4.79 Å². The van der Waals surface area contributed by atoms with Crippen LogP contribution in [0.3, 0.4) is 0 Å². The molecule has 2 aliphatic carbocycles. The molecule has 3 atom stereocenters. The minimum Gasteiger partial charge on any atom is -0.295 e. The number of ketones is 1. The standard InChI is InChI=1S/C14H22O/c1-10(15)5-4-6-13-11-7-8-12(9-11)14(13,2)3/h4-5,11-13H,6-9H2,1-3H3/b5-4+/t11-,12-,13?/m1/s1. The Balaban J connectivity index is 2.00. The van der Waals surface area contributed by atoms with Crippen molar-refractivity contribution in [2.75, 3.05) is 0 Å². The zero-order valence-electron chi connectivity index (χ0n) is 10.1. The average molecular weight is 206 g/mol. The molecule has 0 spiro atoms. The van der Waals surface area contributed by atoms with E-state index in [1.54, 1.807) is 13.0 Å². The van der Waals surface area contributed by atoms with Crippen molar-refractivity contribution in [2.24, 2.45) is 23.2 Å². The smallest absolute Gasteiger partial charge is 0.152 e. The second-order valence-corrected chi connectivity index (χ2v) is 5.95. The fraction of sp³-hybridized carbons (Fsp3) is 0.786. The van der Waals surface area contributed by atoms with Gasteiger partial charge < -0.3 is 0 Å². The molecule has 0 heterocycles. The fourth-order valence-corrected chi connectivity index (χ4v) is 3.84. The van der Waals surface area contributed by atoms with Crippen LogP contribution in [-0.2, 0) is 4.79 Å². The molecule has 0 N–H and O–H groups in total. The maximum atomic E-state index is 10.9. The van der Waals surface area contributed by atoms with Crippen LogP contribution in [0.4, 0.5) is 0 Å². The van der Waals surface area contributed by atoms with Crippen molar-refractivity contribution in [1.29, 1.82) is 0 Å². The third-order valence-corrected chi connectivity index (χ3v) is 4.79. The first-order valence-electron chi connectivity index (χ1n) is 6.19. The molecule has 0 aromatic carbocycles. The first-order valence-corrected chi connectivity index (χ1v) is 6.19. The lowest BCUT2D eigenvalue weighted by Gasteiger charge is -2.37. The number of hydrogen-bond donors (Lipinski definition) is 0. The Morgan fingerprint density at radius 3 is 2.67 bits per heavy atom. The van der Waals surface area contributed by atoms with Crippen LogP contribution in [0.5, 0.6) is 0 Å². The van der Waals surface area contributed by atoms with E-state index in [-0.39, 0.29) is 5.78 Å². The van der Waals surface area contributed by atoms with Gasteiger partial charge in [0.15, 0.2) is 5.78 Å². The normalized spacial score (nSPS) is 37.7. The summed E-state index contributed by atoms with van der Waals surface area (Å²) >= 11 is 0. The molecule has 1 nitrogen and oxygen atoms in total. The molecule has 0 aromatic heterocycles. The zero-order chi connectivity index (χ0) is 11.1. The first-order chi connectivity index (χ1) is 7.01. The summed E-state index contributed by atoms with van der Waals surface area (Å²) in [4.78, 5) is 10.9. The van der Waals surface area contributed by atoms with Gasteiger partial charge in [0.05, 0.1) is 0 Å². The largest absolute Gasteiger partial charge is 0.295 e. The SMILES string of the molecule is CC(=O)/C=C/CC1[C@@H]2CC[C@H](C2)C1(C)C. The van der Waals surface area contributed by atoms with Gasteiger partial charge in [-0.1, -0.05) is 19.9 Å². The molecule has 2 bridgehead atoms. The lowest BCUT2D eigenvalue weighted by molar-refractivity contribution is -0.112. The Labute approximate surface area is 92.9 Å². The van der Waals surface area contributed by atoms with Crippen molar-refractivity contribution in [3.05, 3.63) is 12.2 Å². The highest BCUT2D eigenvalue weighted by atomic mass is 16.1. The predicted octanol–water partition coefficient (Wildman–Crippen LogP) is 3.59. The van der Waals surface area contributed by atoms with Crippen LogP contribution in [0.15, 0.2) is 12.2 Å². The molecule has 0 aliphatic heterocycles. The fourth-order valence-electron chi connectivity index (χ4n) is 3.84. The van der Waals surface area contributed by atoms with Crippen LogP contribution in [0.2, 0.25) is 0 Å². The third-order valence-electron chi connectivity index (χ3n) is 4.79. The van der Waals surface area contributed by atoms with Crippen molar-refractivity contribution in [3.8, 4) is 0 Å². The molecule has 15 heavy (non-hydrogen) atoms. The third kappa shape index (κ3) is 1.89. The lowest BCUT2D eigenvalue weighted by atomic mass is 9.67. The van der Waals surface area contributed by atoms with Gasteiger partial charge in [-0.2, -0.15) is 0 Å². The van der Waals surface area contributed by atoms with Crippen molar-refractivity contribution >= 4 is 5.78 Å². The molecule has 0 aromatic rings. The predicted molar refractivity (Wildman–Crippen MR) is 62.5 cm³/mol. The van der Waals surface area contributed by atoms with Gasteiger partial charge in [-0.05, 0) is 61.9 Å². The van der Waals surface area contributed by atoms with Gasteiger partial charge in [0.2, 0.25) is 0 Å². The maximum Gasteiger partial charge on any atom is 0.152 e. The highest BCUT2D eigenvalue weighted by molar-refractivity contribution is 5.87. The number of fused-ring (bicyclic) bond motifs is 2. The Hall–Kier alpha value is -0.590. The van der Waals surface area contributed by atoms with E-state index in [1.807, 2.05) is 0 Å². The van der Waals surface area contributed by atoms with E-state index in [1.165, 1.54) is 19.3 Å². The molecule has 2 saturated carbocycles. The summed E-state index contributed by atoms with van der Waals surface area (Å²) in [7, 11) is 0. The van der Waals surface area contributed by atoms with E-state index in [0.717, 1.165) is 24.2 Å². The number of rotatable bonds is 3. The Morgan fingerprint density at radius 1 is 1.40 bits per heavy atom. The molecule has 1 heteroatoms. The minimum atomic E-state index is 0.177. The molecule has 1 unspecified atom stereocenters. The van der Waals surface area contributed by atoms with Gasteiger partial charge >= 0.3 is 0 Å². The molecule has 2 rings (SSSR count). The van der Waals surface area contributed by atoms with Gasteiger partial charge in [-0.3, -0.25) is 4.79 Å². The summed E-state index contributed by atoms with van der Waals surface area (Å²) in [6.07, 6.45) is 9.23. The Kier molecular flexibility index (Phi) is 2.74. The molecule has 2 aliphatic rings. The number of allylic oxidation sites excluding steroid dienone is 2. The summed E-state index contributed by atoms with van der Waals surface area (Å²) < 4.78 is 0. The Morgan fingerprint density at radius 2 is 2.13 bits per heavy atom. The molecule has 0 radical (unpaired) electrons. The summed E-state index contributed by atoms with van der Waals surface area (Å²) in [6, 6.07) is 0. The summed E-state index contributed by atoms with van der Waals surface area (Å²) in [5.41, 5.74) is 0.504. The van der Waals surface area contributed by atoms with Gasteiger partial charge in [0, 0.05) is 0 Å². The van der Waals surface area contributed by atoms with Crippen LogP contribution < -0.4 is 0 Å². The van der Waals surface area contributed by atoms with Crippen LogP contribution in [-0.4, -0.2) is 5.78 Å². The molecule has 2 fully saturated rings. The topological polar surface area (TPSA) is 17.1 Å². The van der Waals surface area contributed by atoms with Gasteiger partial charge in [-0.25, -0.2) is 0 Å². The lowest BCUT2D eigenvalue weighted by Crippen LogP contribution is -2.30. The second kappa shape index (κ2) is 3.77. The van der Waals surface area contributed by atoms with E-state index in [9.17, 15) is 4.79 Å². The number of carbonyl (C=O) groups is 1. The van der Waals surface area contributed by atoms with E-state index in [2.05, 4.69) is 19.9 Å². The van der Waals surface area contributed by atoms with Gasteiger partial charge in [0.25, 0.3) is 0 Å². The molecular formula is C14H22O. The van der Waals surface area contributed by atoms with E-state index in [4.69, 9.17) is 0 Å². The van der Waals surface area contributed by atoms with E-state index < -0.39 is 0 Å². The Bertz CT molecular complexity index is 288. The zero-order valence-corrected chi connectivity index (χ0v) is 10.1.